The van der Waals surface area contributed by atoms with Crippen LogP contribution in [-0.2, 0) is 22.7 Å². The first-order chi connectivity index (χ1) is 15.2. The number of nitrogen functional groups attached to an aromatic ring is 1. The number of anilines is 1. The van der Waals surface area contributed by atoms with Gasteiger partial charge in [0.05, 0.1) is 6.61 Å². The summed E-state index contributed by atoms with van der Waals surface area (Å²) in [5.74, 6) is 1.52. The molecule has 2 aromatic carbocycles. The molecule has 2 N–H and O–H groups in total. The number of methoxy groups -OCH3 is 1. The lowest BCUT2D eigenvalue weighted by Gasteiger charge is -2.33. The monoisotopic (exact) mass is 442 g/mol. The van der Waals surface area contributed by atoms with Crippen LogP contribution >= 0.6 is 0 Å². The highest BCUT2D eigenvalue weighted by Crippen LogP contribution is 2.25. The van der Waals surface area contributed by atoms with Gasteiger partial charge in [-0.25, -0.2) is 4.79 Å². The van der Waals surface area contributed by atoms with Gasteiger partial charge in [-0.15, -0.1) is 0 Å². The fraction of sp³-hybridized carbons (Fsp3) is 0.480. The molecule has 174 valence electrons. The normalized spacial score (nSPS) is 14.8. The van der Waals surface area contributed by atoms with Crippen LogP contribution in [0.15, 0.2) is 42.5 Å². The van der Waals surface area contributed by atoms with Crippen LogP contribution in [0.1, 0.15) is 44.7 Å². The fourth-order valence-corrected chi connectivity index (χ4v) is 3.57. The maximum Gasteiger partial charge on any atom is 0.410 e. The molecule has 0 radical (unpaired) electrons. The Morgan fingerprint density at radius 3 is 2.31 bits per heavy atom. The van der Waals surface area contributed by atoms with Crippen LogP contribution in [0.5, 0.6) is 11.5 Å². The summed E-state index contributed by atoms with van der Waals surface area (Å²) < 4.78 is 22.7. The second-order valence-corrected chi connectivity index (χ2v) is 8.96. The molecule has 1 heterocycles. The van der Waals surface area contributed by atoms with Gasteiger partial charge in [0, 0.05) is 44.3 Å². The molecule has 0 aromatic heterocycles. The Morgan fingerprint density at radius 2 is 1.69 bits per heavy atom. The van der Waals surface area contributed by atoms with Crippen LogP contribution in [0.25, 0.3) is 0 Å². The van der Waals surface area contributed by atoms with E-state index in [0.717, 1.165) is 35.5 Å². The first-order valence-electron chi connectivity index (χ1n) is 11.0. The number of piperidine rings is 1. The third-order valence-corrected chi connectivity index (χ3v) is 5.21. The van der Waals surface area contributed by atoms with E-state index in [1.165, 1.54) is 0 Å². The zero-order valence-corrected chi connectivity index (χ0v) is 19.4. The molecular formula is C25H34N2O5. The summed E-state index contributed by atoms with van der Waals surface area (Å²) in [6.07, 6.45) is 1.35. The summed E-state index contributed by atoms with van der Waals surface area (Å²) in [4.78, 5) is 13.9. The van der Waals surface area contributed by atoms with Crippen LogP contribution in [-0.4, -0.2) is 42.9 Å². The van der Waals surface area contributed by atoms with Crippen molar-refractivity contribution in [2.75, 3.05) is 25.9 Å². The van der Waals surface area contributed by atoms with Gasteiger partial charge in [0.15, 0.2) is 0 Å². The van der Waals surface area contributed by atoms with E-state index in [0.29, 0.717) is 32.0 Å². The van der Waals surface area contributed by atoms with Crippen molar-refractivity contribution in [2.45, 2.75) is 58.5 Å². The maximum atomic E-state index is 12.2. The van der Waals surface area contributed by atoms with E-state index in [1.807, 2.05) is 63.2 Å². The number of benzene rings is 2. The number of nitrogens with zero attached hydrogens (tertiary/aromatic N) is 1. The molecule has 1 aliphatic rings. The SMILES string of the molecule is COCc1cccc(N)c1COc1ccc(OC2CCN(C(=O)OC(C)(C)C)CC2)cc1. The molecular weight excluding hydrogens is 408 g/mol. The topological polar surface area (TPSA) is 83.3 Å². The Hall–Kier alpha value is -2.93. The van der Waals surface area contributed by atoms with E-state index < -0.39 is 5.60 Å². The number of carbonyl (C=O) groups is 1. The molecule has 0 aliphatic carbocycles. The molecule has 1 fully saturated rings. The van der Waals surface area contributed by atoms with Crippen LogP contribution in [0, 0.1) is 0 Å². The van der Waals surface area contributed by atoms with Crippen molar-refractivity contribution in [3.05, 3.63) is 53.6 Å². The van der Waals surface area contributed by atoms with Crippen molar-refractivity contribution >= 4 is 11.8 Å². The van der Waals surface area contributed by atoms with Crippen LogP contribution in [0.3, 0.4) is 0 Å². The van der Waals surface area contributed by atoms with Gasteiger partial charge in [-0.05, 0) is 56.7 Å². The molecule has 1 amide bonds. The van der Waals surface area contributed by atoms with Gasteiger partial charge in [-0.2, -0.15) is 0 Å². The smallest absolute Gasteiger partial charge is 0.410 e. The van der Waals surface area contributed by atoms with E-state index >= 15 is 0 Å². The van der Waals surface area contributed by atoms with E-state index in [1.54, 1.807) is 12.0 Å². The lowest BCUT2D eigenvalue weighted by molar-refractivity contribution is 0.0126. The highest BCUT2D eigenvalue weighted by Gasteiger charge is 2.27. The maximum absolute atomic E-state index is 12.2. The largest absolute Gasteiger partial charge is 0.490 e. The van der Waals surface area contributed by atoms with E-state index in [9.17, 15) is 4.79 Å². The molecule has 0 spiro atoms. The van der Waals surface area contributed by atoms with Crippen molar-refractivity contribution in [3.8, 4) is 11.5 Å². The highest BCUT2D eigenvalue weighted by molar-refractivity contribution is 5.68. The van der Waals surface area contributed by atoms with Gasteiger partial charge in [-0.1, -0.05) is 12.1 Å². The first kappa shape index (κ1) is 23.7. The molecule has 2 aromatic rings. The number of hydrogen-bond donors (Lipinski definition) is 1. The number of nitrogens with two attached hydrogens (primary N) is 1. The number of amides is 1. The lowest BCUT2D eigenvalue weighted by atomic mass is 10.1. The molecule has 3 rings (SSSR count). The zero-order valence-electron chi connectivity index (χ0n) is 19.4. The van der Waals surface area contributed by atoms with Gasteiger partial charge in [-0.3, -0.25) is 0 Å². The summed E-state index contributed by atoms with van der Waals surface area (Å²) >= 11 is 0. The molecule has 1 aliphatic heterocycles. The molecule has 0 saturated carbocycles. The van der Waals surface area contributed by atoms with Crippen molar-refractivity contribution in [2.24, 2.45) is 0 Å². The second kappa shape index (κ2) is 10.6. The van der Waals surface area contributed by atoms with Crippen LogP contribution in [0.2, 0.25) is 0 Å². The molecule has 1 saturated heterocycles. The summed E-state index contributed by atoms with van der Waals surface area (Å²) in [7, 11) is 1.66. The molecule has 7 heteroatoms. The van der Waals surface area contributed by atoms with Gasteiger partial charge >= 0.3 is 6.09 Å². The highest BCUT2D eigenvalue weighted by atomic mass is 16.6. The molecule has 0 unspecified atom stereocenters. The number of ether oxygens (including phenoxy) is 4. The third kappa shape index (κ3) is 6.79. The number of carbonyl (C=O) groups excluding carboxylic acids is 1. The Bertz CT molecular complexity index is 884. The Balaban J connectivity index is 1.48. The molecule has 7 nitrogen and oxygen atoms in total. The van der Waals surface area contributed by atoms with Gasteiger partial charge in [0.1, 0.15) is 29.8 Å². The summed E-state index contributed by atoms with van der Waals surface area (Å²) in [5.41, 5.74) is 8.28. The Labute approximate surface area is 190 Å². The van der Waals surface area contributed by atoms with Crippen molar-refractivity contribution < 1.29 is 23.7 Å². The third-order valence-electron chi connectivity index (χ3n) is 5.21. The Morgan fingerprint density at radius 1 is 1.03 bits per heavy atom. The Kier molecular flexibility index (Phi) is 7.85. The lowest BCUT2D eigenvalue weighted by Crippen LogP contribution is -2.44. The number of hydrogen-bond acceptors (Lipinski definition) is 6. The minimum Gasteiger partial charge on any atom is -0.490 e. The van der Waals surface area contributed by atoms with E-state index in [4.69, 9.17) is 24.7 Å². The molecule has 32 heavy (non-hydrogen) atoms. The molecule has 0 atom stereocenters. The van der Waals surface area contributed by atoms with Crippen molar-refractivity contribution in [3.63, 3.8) is 0 Å². The average Bonchev–Trinajstić information content (AvgIpc) is 2.74. The standard InChI is InChI=1S/C25H34N2O5/c1-25(2,3)32-24(28)27-14-12-21(13-15-27)31-20-10-8-19(9-11-20)30-17-22-18(16-29-4)6-5-7-23(22)26/h5-11,21H,12-17,26H2,1-4H3. The van der Waals surface area contributed by atoms with Crippen molar-refractivity contribution in [1.82, 2.24) is 4.90 Å². The predicted octanol–water partition coefficient (Wildman–Crippen LogP) is 4.77. The van der Waals surface area contributed by atoms with Crippen molar-refractivity contribution in [1.29, 1.82) is 0 Å². The first-order valence-corrected chi connectivity index (χ1v) is 11.0. The number of rotatable bonds is 7. The van der Waals surface area contributed by atoms with Crippen LogP contribution in [0.4, 0.5) is 10.5 Å². The summed E-state index contributed by atoms with van der Waals surface area (Å²) in [6.45, 7) is 7.74. The van der Waals surface area contributed by atoms with Gasteiger partial charge in [0.25, 0.3) is 0 Å². The minimum absolute atomic E-state index is 0.0705. The quantitative estimate of drug-likeness (QED) is 0.622. The molecule has 0 bridgehead atoms. The predicted molar refractivity (Wildman–Crippen MR) is 124 cm³/mol. The second-order valence-electron chi connectivity index (χ2n) is 8.96. The van der Waals surface area contributed by atoms with Gasteiger partial charge < -0.3 is 29.6 Å². The van der Waals surface area contributed by atoms with E-state index in [2.05, 4.69) is 0 Å². The zero-order chi connectivity index (χ0) is 23.1. The van der Waals surface area contributed by atoms with Gasteiger partial charge in [0.2, 0.25) is 0 Å². The summed E-state index contributed by atoms with van der Waals surface area (Å²) in [5, 5.41) is 0. The van der Waals surface area contributed by atoms with E-state index in [-0.39, 0.29) is 12.2 Å². The fourth-order valence-electron chi connectivity index (χ4n) is 3.57. The van der Waals surface area contributed by atoms with Crippen LogP contribution < -0.4 is 15.2 Å². The minimum atomic E-state index is -0.480. The summed E-state index contributed by atoms with van der Waals surface area (Å²) in [6, 6.07) is 13.4. The number of likely N-dealkylation sites (tertiary alicyclic amines) is 1. The average molecular weight is 443 g/mol.